The molecule has 3 aromatic rings. The van der Waals surface area contributed by atoms with Crippen LogP contribution in [0.3, 0.4) is 0 Å². The maximum atomic E-state index is 13.1. The maximum Gasteiger partial charge on any atom is 0.262 e. The zero-order chi connectivity index (χ0) is 18.4. The van der Waals surface area contributed by atoms with Crippen molar-refractivity contribution in [2.24, 2.45) is 0 Å². The Labute approximate surface area is 155 Å². The van der Waals surface area contributed by atoms with Gasteiger partial charge in [0.05, 0.1) is 11.7 Å². The van der Waals surface area contributed by atoms with E-state index in [1.165, 1.54) is 27.8 Å². The molecule has 134 valence electrons. The van der Waals surface area contributed by atoms with Crippen LogP contribution in [0.5, 0.6) is 0 Å². The lowest BCUT2D eigenvalue weighted by molar-refractivity contribution is -0.119. The minimum Gasteiger partial charge on any atom is -0.308 e. The van der Waals surface area contributed by atoms with Gasteiger partial charge in [-0.25, -0.2) is 4.98 Å². The number of thiophene rings is 1. The van der Waals surface area contributed by atoms with Crippen molar-refractivity contribution in [3.05, 3.63) is 57.0 Å². The molecular formula is C20H21N3O2S. The van der Waals surface area contributed by atoms with Gasteiger partial charge in [0.15, 0.2) is 0 Å². The Bertz CT molecular complexity index is 1070. The zero-order valence-corrected chi connectivity index (χ0v) is 16.0. The molecule has 0 spiro atoms. The molecule has 3 heterocycles. The molecule has 6 heteroatoms. The molecule has 1 atom stereocenters. The highest BCUT2D eigenvalue weighted by molar-refractivity contribution is 7.18. The van der Waals surface area contributed by atoms with E-state index in [-0.39, 0.29) is 24.1 Å². The standard InChI is InChI=1S/C20H21N3O2S/c1-12-8-9-15-6-4-5-7-16(15)23(12)17(24)10-22-11-21-19-18(20(22)25)13(2)14(3)26-19/h4-7,11-12H,8-10H2,1-3H3. The molecule has 0 bridgehead atoms. The molecule has 2 aromatic heterocycles. The van der Waals surface area contributed by atoms with Gasteiger partial charge in [0.1, 0.15) is 11.4 Å². The topological polar surface area (TPSA) is 55.2 Å². The van der Waals surface area contributed by atoms with Crippen LogP contribution in [0.15, 0.2) is 35.4 Å². The van der Waals surface area contributed by atoms with Gasteiger partial charge < -0.3 is 4.90 Å². The smallest absolute Gasteiger partial charge is 0.262 e. The van der Waals surface area contributed by atoms with Gasteiger partial charge in [-0.2, -0.15) is 0 Å². The van der Waals surface area contributed by atoms with E-state index < -0.39 is 0 Å². The van der Waals surface area contributed by atoms with E-state index in [9.17, 15) is 9.59 Å². The first-order chi connectivity index (χ1) is 12.5. The number of aromatic nitrogens is 2. The van der Waals surface area contributed by atoms with Gasteiger partial charge in [-0.15, -0.1) is 11.3 Å². The van der Waals surface area contributed by atoms with Crippen molar-refractivity contribution in [1.82, 2.24) is 9.55 Å². The Morgan fingerprint density at radius 2 is 2.08 bits per heavy atom. The Balaban J connectivity index is 1.71. The first kappa shape index (κ1) is 17.0. The molecule has 1 aliphatic heterocycles. The van der Waals surface area contributed by atoms with Crippen molar-refractivity contribution in [1.29, 1.82) is 0 Å². The first-order valence-corrected chi connectivity index (χ1v) is 9.64. The molecule has 1 unspecified atom stereocenters. The van der Waals surface area contributed by atoms with Gasteiger partial charge in [0, 0.05) is 16.6 Å². The summed E-state index contributed by atoms with van der Waals surface area (Å²) in [5, 5.41) is 0.634. The molecule has 4 rings (SSSR count). The SMILES string of the molecule is Cc1sc2ncn(CC(=O)N3c4ccccc4CCC3C)c(=O)c2c1C. The van der Waals surface area contributed by atoms with Crippen molar-refractivity contribution in [3.8, 4) is 0 Å². The fourth-order valence-corrected chi connectivity index (χ4v) is 4.66. The van der Waals surface area contributed by atoms with Crippen LogP contribution in [0.25, 0.3) is 10.2 Å². The molecule has 1 aromatic carbocycles. The number of para-hydroxylation sites is 1. The summed E-state index contributed by atoms with van der Waals surface area (Å²) in [6.45, 7) is 5.99. The molecule has 5 nitrogen and oxygen atoms in total. The van der Waals surface area contributed by atoms with Gasteiger partial charge in [-0.05, 0) is 50.8 Å². The summed E-state index contributed by atoms with van der Waals surface area (Å²) < 4.78 is 1.44. The molecule has 0 saturated carbocycles. The van der Waals surface area contributed by atoms with Crippen molar-refractivity contribution >= 4 is 33.1 Å². The zero-order valence-electron chi connectivity index (χ0n) is 15.2. The van der Waals surface area contributed by atoms with Gasteiger partial charge in [0.2, 0.25) is 5.91 Å². The molecule has 1 aliphatic rings. The Kier molecular flexibility index (Phi) is 4.15. The number of rotatable bonds is 2. The van der Waals surface area contributed by atoms with E-state index in [1.54, 1.807) is 0 Å². The van der Waals surface area contributed by atoms with Gasteiger partial charge in [0.25, 0.3) is 5.56 Å². The molecule has 26 heavy (non-hydrogen) atoms. The number of hydrogen-bond acceptors (Lipinski definition) is 4. The van der Waals surface area contributed by atoms with Gasteiger partial charge in [-0.3, -0.25) is 14.2 Å². The summed E-state index contributed by atoms with van der Waals surface area (Å²) in [5.74, 6) is -0.0718. The molecule has 0 radical (unpaired) electrons. The van der Waals surface area contributed by atoms with Crippen LogP contribution in [-0.2, 0) is 17.8 Å². The third-order valence-electron chi connectivity index (χ3n) is 5.25. The van der Waals surface area contributed by atoms with Crippen molar-refractivity contribution in [3.63, 3.8) is 0 Å². The molecule has 0 saturated heterocycles. The van der Waals surface area contributed by atoms with E-state index in [1.807, 2.05) is 36.9 Å². The second-order valence-electron chi connectivity index (χ2n) is 6.92. The normalized spacial score (nSPS) is 16.7. The van der Waals surface area contributed by atoms with Crippen molar-refractivity contribution in [2.45, 2.75) is 46.2 Å². The van der Waals surface area contributed by atoms with Crippen LogP contribution in [-0.4, -0.2) is 21.5 Å². The Morgan fingerprint density at radius 1 is 1.31 bits per heavy atom. The lowest BCUT2D eigenvalue weighted by Crippen LogP contribution is -2.44. The van der Waals surface area contributed by atoms with Crippen molar-refractivity contribution < 1.29 is 4.79 Å². The largest absolute Gasteiger partial charge is 0.308 e. The van der Waals surface area contributed by atoms with E-state index in [2.05, 4.69) is 18.0 Å². The lowest BCUT2D eigenvalue weighted by Gasteiger charge is -2.35. The molecule has 0 fully saturated rings. The minimum atomic E-state index is -0.136. The number of hydrogen-bond donors (Lipinski definition) is 0. The fraction of sp³-hybridized carbons (Fsp3) is 0.350. The highest BCUT2D eigenvalue weighted by Crippen LogP contribution is 2.31. The highest BCUT2D eigenvalue weighted by Gasteiger charge is 2.28. The first-order valence-electron chi connectivity index (χ1n) is 8.82. The van der Waals surface area contributed by atoms with E-state index >= 15 is 0 Å². The van der Waals surface area contributed by atoms with Gasteiger partial charge >= 0.3 is 0 Å². The van der Waals surface area contributed by atoms with Crippen LogP contribution in [0.4, 0.5) is 5.69 Å². The third kappa shape index (κ3) is 2.65. The van der Waals surface area contributed by atoms with Crippen LogP contribution in [0, 0.1) is 13.8 Å². The number of amides is 1. The summed E-state index contributed by atoms with van der Waals surface area (Å²) in [4.78, 5) is 34.0. The second-order valence-corrected chi connectivity index (χ2v) is 8.12. The van der Waals surface area contributed by atoms with Crippen LogP contribution < -0.4 is 10.5 Å². The fourth-order valence-electron chi connectivity index (χ4n) is 3.67. The van der Waals surface area contributed by atoms with Crippen LogP contribution in [0.1, 0.15) is 29.3 Å². The number of fused-ring (bicyclic) bond motifs is 2. The number of benzene rings is 1. The van der Waals surface area contributed by atoms with E-state index in [4.69, 9.17) is 0 Å². The average molecular weight is 367 g/mol. The predicted molar refractivity (Wildman–Crippen MR) is 105 cm³/mol. The quantitative estimate of drug-likeness (QED) is 0.697. The maximum absolute atomic E-state index is 13.1. The molecule has 0 aliphatic carbocycles. The Morgan fingerprint density at radius 3 is 2.88 bits per heavy atom. The number of carbonyl (C=O) groups excluding carboxylic acids is 1. The average Bonchev–Trinajstić information content (AvgIpc) is 2.92. The van der Waals surface area contributed by atoms with Crippen LogP contribution >= 0.6 is 11.3 Å². The number of aryl methyl sites for hydroxylation is 3. The number of anilines is 1. The van der Waals surface area contributed by atoms with Gasteiger partial charge in [-0.1, -0.05) is 18.2 Å². The minimum absolute atomic E-state index is 0.00871. The third-order valence-corrected chi connectivity index (χ3v) is 6.37. The number of nitrogens with zero attached hydrogens (tertiary/aromatic N) is 3. The highest BCUT2D eigenvalue weighted by atomic mass is 32.1. The van der Waals surface area contributed by atoms with Crippen LogP contribution in [0.2, 0.25) is 0 Å². The summed E-state index contributed by atoms with van der Waals surface area (Å²) in [6.07, 6.45) is 3.40. The molecule has 1 amide bonds. The Hall–Kier alpha value is -2.47. The number of carbonyl (C=O) groups is 1. The molecular weight excluding hydrogens is 346 g/mol. The summed E-state index contributed by atoms with van der Waals surface area (Å²) in [6, 6.07) is 8.13. The molecule has 0 N–H and O–H groups in total. The summed E-state index contributed by atoms with van der Waals surface area (Å²) >= 11 is 1.52. The lowest BCUT2D eigenvalue weighted by atomic mass is 9.96. The second kappa shape index (κ2) is 6.36. The summed E-state index contributed by atoms with van der Waals surface area (Å²) in [5.41, 5.74) is 2.97. The van der Waals surface area contributed by atoms with E-state index in [0.717, 1.165) is 33.8 Å². The predicted octanol–water partition coefficient (Wildman–Crippen LogP) is 3.44. The summed E-state index contributed by atoms with van der Waals surface area (Å²) in [7, 11) is 0. The van der Waals surface area contributed by atoms with Crippen molar-refractivity contribution in [2.75, 3.05) is 4.90 Å². The monoisotopic (exact) mass is 367 g/mol. The van der Waals surface area contributed by atoms with E-state index in [0.29, 0.717) is 5.39 Å².